The van der Waals surface area contributed by atoms with Gasteiger partial charge in [0, 0.05) is 6.08 Å². The fourth-order valence-corrected chi connectivity index (χ4v) is 1.36. The average Bonchev–Trinajstić information content (AvgIpc) is 2.26. The molecule has 0 bridgehead atoms. The SMILES string of the molecule is COc1ccc(/C=C/C(=O)O)c(Cl)c1N=O. The van der Waals surface area contributed by atoms with Crippen LogP contribution in [0.4, 0.5) is 5.69 Å². The van der Waals surface area contributed by atoms with E-state index in [0.717, 1.165) is 6.08 Å². The number of aliphatic carboxylic acids is 1. The first-order valence-corrected chi connectivity index (χ1v) is 4.58. The topological polar surface area (TPSA) is 76.0 Å². The summed E-state index contributed by atoms with van der Waals surface area (Å²) in [6, 6.07) is 3.03. The van der Waals surface area contributed by atoms with E-state index in [0.29, 0.717) is 5.56 Å². The van der Waals surface area contributed by atoms with Crippen molar-refractivity contribution in [3.63, 3.8) is 0 Å². The first kappa shape index (κ1) is 12.2. The fraction of sp³-hybridized carbons (Fsp3) is 0.100. The van der Waals surface area contributed by atoms with Gasteiger partial charge in [-0.2, -0.15) is 0 Å². The summed E-state index contributed by atoms with van der Waals surface area (Å²) >= 11 is 5.86. The molecule has 0 saturated carbocycles. The molecule has 1 aromatic rings. The fourth-order valence-electron chi connectivity index (χ4n) is 1.10. The Morgan fingerprint density at radius 3 is 2.75 bits per heavy atom. The van der Waals surface area contributed by atoms with Crippen LogP contribution in [0.25, 0.3) is 6.08 Å². The summed E-state index contributed by atoms with van der Waals surface area (Å²) in [4.78, 5) is 20.9. The van der Waals surface area contributed by atoms with E-state index >= 15 is 0 Å². The van der Waals surface area contributed by atoms with Crippen molar-refractivity contribution in [1.82, 2.24) is 0 Å². The van der Waals surface area contributed by atoms with Crippen molar-refractivity contribution in [2.75, 3.05) is 7.11 Å². The zero-order valence-electron chi connectivity index (χ0n) is 8.31. The van der Waals surface area contributed by atoms with Gasteiger partial charge < -0.3 is 9.84 Å². The lowest BCUT2D eigenvalue weighted by atomic mass is 10.1. The highest BCUT2D eigenvalue weighted by molar-refractivity contribution is 6.34. The second kappa shape index (κ2) is 5.27. The molecule has 1 N–H and O–H groups in total. The van der Waals surface area contributed by atoms with Gasteiger partial charge in [0.2, 0.25) is 0 Å². The lowest BCUT2D eigenvalue weighted by Crippen LogP contribution is -1.88. The summed E-state index contributed by atoms with van der Waals surface area (Å²) in [6.45, 7) is 0. The molecule has 0 aliphatic carbocycles. The third kappa shape index (κ3) is 2.58. The second-order valence-corrected chi connectivity index (χ2v) is 3.16. The number of hydrogen-bond acceptors (Lipinski definition) is 4. The highest BCUT2D eigenvalue weighted by atomic mass is 35.5. The Hall–Kier alpha value is -1.88. The minimum Gasteiger partial charge on any atom is -0.494 e. The number of carboxylic acid groups (broad SMARTS) is 1. The number of methoxy groups -OCH3 is 1. The molecule has 6 heteroatoms. The second-order valence-electron chi connectivity index (χ2n) is 2.78. The maximum atomic E-state index is 10.5. The van der Waals surface area contributed by atoms with Gasteiger partial charge in [0.1, 0.15) is 5.75 Å². The Kier molecular flexibility index (Phi) is 4.02. The van der Waals surface area contributed by atoms with Gasteiger partial charge in [0.05, 0.1) is 12.1 Å². The smallest absolute Gasteiger partial charge is 0.328 e. The number of hydrogen-bond donors (Lipinski definition) is 1. The number of halogens is 1. The molecule has 16 heavy (non-hydrogen) atoms. The quantitative estimate of drug-likeness (QED) is 0.650. The van der Waals surface area contributed by atoms with E-state index < -0.39 is 5.97 Å². The number of rotatable bonds is 4. The van der Waals surface area contributed by atoms with E-state index in [1.807, 2.05) is 0 Å². The van der Waals surface area contributed by atoms with Crippen molar-refractivity contribution >= 4 is 29.3 Å². The lowest BCUT2D eigenvalue weighted by molar-refractivity contribution is -0.131. The Labute approximate surface area is 96.3 Å². The van der Waals surface area contributed by atoms with Crippen LogP contribution in [0.5, 0.6) is 5.75 Å². The first-order valence-electron chi connectivity index (χ1n) is 4.21. The van der Waals surface area contributed by atoms with Crippen molar-refractivity contribution in [3.05, 3.63) is 33.7 Å². The molecular formula is C10H8ClNO4. The van der Waals surface area contributed by atoms with Crippen molar-refractivity contribution in [2.24, 2.45) is 5.18 Å². The van der Waals surface area contributed by atoms with Gasteiger partial charge in [-0.1, -0.05) is 11.6 Å². The van der Waals surface area contributed by atoms with Gasteiger partial charge >= 0.3 is 5.97 Å². The highest BCUT2D eigenvalue weighted by Crippen LogP contribution is 2.37. The van der Waals surface area contributed by atoms with Crippen molar-refractivity contribution in [2.45, 2.75) is 0 Å². The van der Waals surface area contributed by atoms with Crippen LogP contribution in [-0.4, -0.2) is 18.2 Å². The Bertz CT molecular complexity index is 456. The Morgan fingerprint density at radius 1 is 1.56 bits per heavy atom. The predicted octanol–water partition coefficient (Wildman–Crippen LogP) is 2.84. The number of benzene rings is 1. The molecule has 1 rings (SSSR count). The molecule has 0 aromatic heterocycles. The van der Waals surface area contributed by atoms with Crippen molar-refractivity contribution in [1.29, 1.82) is 0 Å². The minimum atomic E-state index is -1.10. The molecule has 0 spiro atoms. The van der Waals surface area contributed by atoms with E-state index in [1.165, 1.54) is 25.3 Å². The summed E-state index contributed by atoms with van der Waals surface area (Å²) in [5, 5.41) is 11.3. The van der Waals surface area contributed by atoms with Gasteiger partial charge in [-0.3, -0.25) is 0 Å². The van der Waals surface area contributed by atoms with Crippen LogP contribution in [0.3, 0.4) is 0 Å². The van der Waals surface area contributed by atoms with Gasteiger partial charge in [0.15, 0.2) is 5.69 Å². The molecule has 1 aromatic carbocycles. The minimum absolute atomic E-state index is 0.0447. The summed E-state index contributed by atoms with van der Waals surface area (Å²) in [7, 11) is 1.38. The first-order chi connectivity index (χ1) is 7.60. The van der Waals surface area contributed by atoms with Crippen LogP contribution in [0, 0.1) is 4.91 Å². The van der Waals surface area contributed by atoms with E-state index in [2.05, 4.69) is 5.18 Å². The monoisotopic (exact) mass is 241 g/mol. The van der Waals surface area contributed by atoms with Crippen LogP contribution in [-0.2, 0) is 4.79 Å². The van der Waals surface area contributed by atoms with Gasteiger partial charge in [0.25, 0.3) is 0 Å². The third-order valence-corrected chi connectivity index (χ3v) is 2.22. The van der Waals surface area contributed by atoms with Crippen molar-refractivity contribution < 1.29 is 14.6 Å². The van der Waals surface area contributed by atoms with Crippen LogP contribution in [0.15, 0.2) is 23.4 Å². The standard InChI is InChI=1S/C10H8ClNO4/c1-16-7-4-2-6(3-5-8(13)14)9(11)10(7)12-15/h2-5H,1H3,(H,13,14)/b5-3+. The molecule has 0 saturated heterocycles. The number of nitrogens with zero attached hydrogens (tertiary/aromatic N) is 1. The van der Waals surface area contributed by atoms with Gasteiger partial charge in [-0.05, 0) is 28.9 Å². The molecule has 0 heterocycles. The van der Waals surface area contributed by atoms with Crippen LogP contribution >= 0.6 is 11.6 Å². The summed E-state index contributed by atoms with van der Waals surface area (Å²) in [5.41, 5.74) is 0.344. The summed E-state index contributed by atoms with van der Waals surface area (Å²) in [6.07, 6.45) is 2.20. The molecule has 0 unspecified atom stereocenters. The van der Waals surface area contributed by atoms with Gasteiger partial charge in [-0.25, -0.2) is 4.79 Å². The number of nitroso groups, excluding NO2 is 1. The van der Waals surface area contributed by atoms with Gasteiger partial charge in [-0.15, -0.1) is 4.91 Å². The molecule has 0 radical (unpaired) electrons. The molecule has 84 valence electrons. The number of ether oxygens (including phenoxy) is 1. The summed E-state index contributed by atoms with van der Waals surface area (Å²) < 4.78 is 4.88. The number of carboxylic acids is 1. The zero-order chi connectivity index (χ0) is 12.1. The highest BCUT2D eigenvalue weighted by Gasteiger charge is 2.11. The van der Waals surface area contributed by atoms with Crippen LogP contribution < -0.4 is 4.74 Å². The maximum Gasteiger partial charge on any atom is 0.328 e. The molecular weight excluding hydrogens is 234 g/mol. The van der Waals surface area contributed by atoms with E-state index in [-0.39, 0.29) is 16.5 Å². The lowest BCUT2D eigenvalue weighted by Gasteiger charge is -2.05. The molecule has 0 aliphatic heterocycles. The molecule has 0 aliphatic rings. The molecule has 0 amide bonds. The summed E-state index contributed by atoms with van der Waals surface area (Å²) in [5.74, 6) is -0.861. The van der Waals surface area contributed by atoms with E-state index in [9.17, 15) is 9.70 Å². The normalized spacial score (nSPS) is 10.4. The zero-order valence-corrected chi connectivity index (χ0v) is 9.06. The Morgan fingerprint density at radius 2 is 2.25 bits per heavy atom. The van der Waals surface area contributed by atoms with Crippen molar-refractivity contribution in [3.8, 4) is 5.75 Å². The number of carbonyl (C=O) groups is 1. The third-order valence-electron chi connectivity index (χ3n) is 1.83. The maximum absolute atomic E-state index is 10.5. The Balaban J connectivity index is 3.24. The van der Waals surface area contributed by atoms with Crippen LogP contribution in [0.2, 0.25) is 5.02 Å². The predicted molar refractivity (Wildman–Crippen MR) is 60.1 cm³/mol. The van der Waals surface area contributed by atoms with E-state index in [4.69, 9.17) is 21.4 Å². The molecule has 0 fully saturated rings. The largest absolute Gasteiger partial charge is 0.494 e. The molecule has 0 atom stereocenters. The average molecular weight is 242 g/mol. The van der Waals surface area contributed by atoms with E-state index in [1.54, 1.807) is 0 Å². The molecule has 5 nitrogen and oxygen atoms in total. The van der Waals surface area contributed by atoms with Crippen LogP contribution in [0.1, 0.15) is 5.56 Å².